The molecule has 1 aliphatic heterocycles. The van der Waals surface area contributed by atoms with Crippen LogP contribution < -0.4 is 0 Å². The molecule has 2 nitrogen and oxygen atoms in total. The molecule has 0 bridgehead atoms. The van der Waals surface area contributed by atoms with E-state index in [2.05, 4.69) is 11.8 Å². The van der Waals surface area contributed by atoms with Crippen LogP contribution in [0.2, 0.25) is 0 Å². The van der Waals surface area contributed by atoms with Crippen LogP contribution in [0.15, 0.2) is 0 Å². The molecule has 0 saturated carbocycles. The van der Waals surface area contributed by atoms with Gasteiger partial charge in [-0.2, -0.15) is 0 Å². The number of rotatable bonds is 0. The Morgan fingerprint density at radius 3 is 2.78 bits per heavy atom. The molecule has 0 aromatic carbocycles. The van der Waals surface area contributed by atoms with Gasteiger partial charge in [-0.05, 0) is 6.92 Å². The summed E-state index contributed by atoms with van der Waals surface area (Å²) in [5, 5.41) is 9.09. The maximum atomic E-state index is 9.09. The van der Waals surface area contributed by atoms with Crippen molar-refractivity contribution in [3.8, 4) is 11.8 Å². The number of ether oxygens (including phenoxy) is 1. The van der Waals surface area contributed by atoms with Gasteiger partial charge in [0, 0.05) is 0 Å². The summed E-state index contributed by atoms with van der Waals surface area (Å²) in [4.78, 5) is 0. The maximum Gasteiger partial charge on any atom is 0.0933 e. The van der Waals surface area contributed by atoms with Crippen molar-refractivity contribution in [3.63, 3.8) is 0 Å². The van der Waals surface area contributed by atoms with Gasteiger partial charge < -0.3 is 9.84 Å². The van der Waals surface area contributed by atoms with E-state index in [1.807, 2.05) is 0 Å². The van der Waals surface area contributed by atoms with E-state index in [9.17, 15) is 0 Å². The molecule has 0 aromatic heterocycles. The SMILES string of the molecule is CC#C[C@@H]1COC[C@H]1O. The zero-order valence-electron chi connectivity index (χ0n) is 5.42. The van der Waals surface area contributed by atoms with E-state index in [1.54, 1.807) is 6.92 Å². The van der Waals surface area contributed by atoms with Crippen LogP contribution in [0.25, 0.3) is 0 Å². The molecule has 0 spiro atoms. The van der Waals surface area contributed by atoms with Crippen molar-refractivity contribution >= 4 is 0 Å². The Morgan fingerprint density at radius 1 is 1.56 bits per heavy atom. The second-order valence-corrected chi connectivity index (χ2v) is 2.11. The molecule has 1 rings (SSSR count). The quantitative estimate of drug-likeness (QED) is 0.463. The molecule has 0 radical (unpaired) electrons. The topological polar surface area (TPSA) is 29.5 Å². The van der Waals surface area contributed by atoms with Crippen molar-refractivity contribution < 1.29 is 9.84 Å². The van der Waals surface area contributed by atoms with E-state index >= 15 is 0 Å². The lowest BCUT2D eigenvalue weighted by molar-refractivity contribution is 0.123. The number of aliphatic hydroxyl groups is 1. The maximum absolute atomic E-state index is 9.09. The first-order valence-corrected chi connectivity index (χ1v) is 3.02. The van der Waals surface area contributed by atoms with Crippen LogP contribution in [0, 0.1) is 17.8 Å². The van der Waals surface area contributed by atoms with E-state index in [0.717, 1.165) is 0 Å². The Balaban J connectivity index is 2.46. The summed E-state index contributed by atoms with van der Waals surface area (Å²) >= 11 is 0. The molecular formula is C7H10O2. The molecular weight excluding hydrogens is 116 g/mol. The van der Waals surface area contributed by atoms with E-state index in [1.165, 1.54) is 0 Å². The minimum Gasteiger partial charge on any atom is -0.389 e. The van der Waals surface area contributed by atoms with Gasteiger partial charge in [0.15, 0.2) is 0 Å². The average Bonchev–Trinajstić information content (AvgIpc) is 2.18. The van der Waals surface area contributed by atoms with Gasteiger partial charge in [-0.15, -0.1) is 5.92 Å². The minimum absolute atomic E-state index is 0.0509. The van der Waals surface area contributed by atoms with Crippen molar-refractivity contribution in [3.05, 3.63) is 0 Å². The van der Waals surface area contributed by atoms with Crippen molar-refractivity contribution in [2.75, 3.05) is 13.2 Å². The fraction of sp³-hybridized carbons (Fsp3) is 0.714. The van der Waals surface area contributed by atoms with Gasteiger partial charge in [0.2, 0.25) is 0 Å². The van der Waals surface area contributed by atoms with Crippen LogP contribution >= 0.6 is 0 Å². The van der Waals surface area contributed by atoms with E-state index in [4.69, 9.17) is 9.84 Å². The van der Waals surface area contributed by atoms with Gasteiger partial charge in [-0.25, -0.2) is 0 Å². The molecule has 2 heteroatoms. The first kappa shape index (κ1) is 6.60. The van der Waals surface area contributed by atoms with Crippen LogP contribution in [-0.2, 0) is 4.74 Å². The highest BCUT2D eigenvalue weighted by atomic mass is 16.5. The lowest BCUT2D eigenvalue weighted by Crippen LogP contribution is -2.15. The summed E-state index contributed by atoms with van der Waals surface area (Å²) < 4.78 is 4.97. The number of hydrogen-bond donors (Lipinski definition) is 1. The highest BCUT2D eigenvalue weighted by molar-refractivity contribution is 5.05. The summed E-state index contributed by atoms with van der Waals surface area (Å²) in [7, 11) is 0. The normalized spacial score (nSPS) is 33.6. The smallest absolute Gasteiger partial charge is 0.0933 e. The molecule has 1 aliphatic rings. The Kier molecular flexibility index (Phi) is 2.10. The predicted molar refractivity (Wildman–Crippen MR) is 33.8 cm³/mol. The first-order chi connectivity index (χ1) is 4.34. The summed E-state index contributed by atoms with van der Waals surface area (Å²) in [6.45, 7) is 2.80. The minimum atomic E-state index is -0.363. The van der Waals surface area contributed by atoms with Gasteiger partial charge >= 0.3 is 0 Å². The van der Waals surface area contributed by atoms with Gasteiger partial charge in [0.05, 0.1) is 25.2 Å². The zero-order valence-corrected chi connectivity index (χ0v) is 5.42. The Hall–Kier alpha value is -0.520. The van der Waals surface area contributed by atoms with Gasteiger partial charge in [-0.1, -0.05) is 5.92 Å². The molecule has 2 atom stereocenters. The Bertz CT molecular complexity index is 143. The Morgan fingerprint density at radius 2 is 2.33 bits per heavy atom. The average molecular weight is 126 g/mol. The predicted octanol–water partition coefficient (Wildman–Crippen LogP) is 0.0170. The second kappa shape index (κ2) is 2.86. The van der Waals surface area contributed by atoms with Gasteiger partial charge in [0.25, 0.3) is 0 Å². The van der Waals surface area contributed by atoms with Crippen molar-refractivity contribution in [1.82, 2.24) is 0 Å². The van der Waals surface area contributed by atoms with Crippen molar-refractivity contribution in [2.45, 2.75) is 13.0 Å². The largest absolute Gasteiger partial charge is 0.389 e. The van der Waals surface area contributed by atoms with E-state index in [0.29, 0.717) is 13.2 Å². The fourth-order valence-electron chi connectivity index (χ4n) is 0.866. The summed E-state index contributed by atoms with van der Waals surface area (Å²) in [6, 6.07) is 0. The second-order valence-electron chi connectivity index (χ2n) is 2.11. The van der Waals surface area contributed by atoms with E-state index in [-0.39, 0.29) is 12.0 Å². The molecule has 9 heavy (non-hydrogen) atoms. The standard InChI is InChI=1S/C7H10O2/c1-2-3-6-4-9-5-7(6)8/h6-8H,4-5H2,1H3/t6-,7-/m1/s1. The first-order valence-electron chi connectivity index (χ1n) is 3.02. The molecule has 1 saturated heterocycles. The Labute approximate surface area is 54.8 Å². The molecule has 0 aliphatic carbocycles. The third kappa shape index (κ3) is 1.44. The molecule has 1 N–H and O–H groups in total. The summed E-state index contributed by atoms with van der Waals surface area (Å²) in [6.07, 6.45) is -0.363. The van der Waals surface area contributed by atoms with Crippen LogP contribution in [0.5, 0.6) is 0 Å². The third-order valence-corrected chi connectivity index (χ3v) is 1.38. The highest BCUT2D eigenvalue weighted by Gasteiger charge is 2.23. The fourth-order valence-corrected chi connectivity index (χ4v) is 0.866. The van der Waals surface area contributed by atoms with Crippen molar-refractivity contribution in [2.24, 2.45) is 5.92 Å². The highest BCUT2D eigenvalue weighted by Crippen LogP contribution is 2.11. The molecule has 0 unspecified atom stereocenters. The number of hydrogen-bond acceptors (Lipinski definition) is 2. The third-order valence-electron chi connectivity index (χ3n) is 1.38. The number of aliphatic hydroxyl groups excluding tert-OH is 1. The van der Waals surface area contributed by atoms with E-state index < -0.39 is 0 Å². The van der Waals surface area contributed by atoms with Crippen LogP contribution in [0.3, 0.4) is 0 Å². The summed E-state index contributed by atoms with van der Waals surface area (Å²) in [5.41, 5.74) is 0. The zero-order chi connectivity index (χ0) is 6.69. The molecule has 0 aromatic rings. The van der Waals surface area contributed by atoms with Crippen LogP contribution in [0.4, 0.5) is 0 Å². The molecule has 50 valence electrons. The molecule has 1 fully saturated rings. The molecule has 0 amide bonds. The van der Waals surface area contributed by atoms with Gasteiger partial charge in [-0.3, -0.25) is 0 Å². The molecule has 1 heterocycles. The van der Waals surface area contributed by atoms with Crippen LogP contribution in [-0.4, -0.2) is 24.4 Å². The van der Waals surface area contributed by atoms with Crippen molar-refractivity contribution in [1.29, 1.82) is 0 Å². The summed E-state index contributed by atoms with van der Waals surface area (Å²) in [5.74, 6) is 5.67. The lowest BCUT2D eigenvalue weighted by Gasteiger charge is -2.01. The monoisotopic (exact) mass is 126 g/mol. The van der Waals surface area contributed by atoms with Crippen LogP contribution in [0.1, 0.15) is 6.92 Å². The van der Waals surface area contributed by atoms with Gasteiger partial charge in [0.1, 0.15) is 0 Å². The lowest BCUT2D eigenvalue weighted by atomic mass is 10.1.